The molecule has 0 atom stereocenters. The van der Waals surface area contributed by atoms with E-state index in [0.717, 1.165) is 12.1 Å². The van der Waals surface area contributed by atoms with E-state index in [0.29, 0.717) is 26.1 Å². The minimum atomic E-state index is -3.42. The Labute approximate surface area is 126 Å². The molecule has 6 nitrogen and oxygen atoms in total. The van der Waals surface area contributed by atoms with Gasteiger partial charge in [-0.3, -0.25) is 4.79 Å². The highest BCUT2D eigenvalue weighted by molar-refractivity contribution is 7.89. The molecule has 0 unspecified atom stereocenters. The monoisotopic (exact) mass is 313 g/mol. The van der Waals surface area contributed by atoms with Gasteiger partial charge in [0.15, 0.2) is 0 Å². The number of nitrogens with one attached hydrogen (secondary N) is 3. The quantitative estimate of drug-likeness (QED) is 0.641. The van der Waals surface area contributed by atoms with Crippen LogP contribution in [0.1, 0.15) is 26.7 Å². The third-order valence-corrected chi connectivity index (χ3v) is 4.24. The lowest BCUT2D eigenvalue weighted by Gasteiger charge is -2.08. The summed E-state index contributed by atoms with van der Waals surface area (Å²) < 4.78 is 26.3. The van der Waals surface area contributed by atoms with Crippen molar-refractivity contribution in [2.45, 2.75) is 31.6 Å². The van der Waals surface area contributed by atoms with Crippen molar-refractivity contribution in [1.29, 1.82) is 0 Å². The van der Waals surface area contributed by atoms with Gasteiger partial charge in [-0.1, -0.05) is 6.92 Å². The molecule has 1 rings (SSSR count). The third-order valence-electron chi connectivity index (χ3n) is 2.76. The number of amides is 1. The van der Waals surface area contributed by atoms with Crippen LogP contribution in [0.25, 0.3) is 0 Å². The Bertz CT molecular complexity index is 541. The van der Waals surface area contributed by atoms with Crippen molar-refractivity contribution >= 4 is 21.6 Å². The van der Waals surface area contributed by atoms with Gasteiger partial charge in [0, 0.05) is 31.7 Å². The lowest BCUT2D eigenvalue weighted by Crippen LogP contribution is -2.25. The Morgan fingerprint density at radius 1 is 1.10 bits per heavy atom. The summed E-state index contributed by atoms with van der Waals surface area (Å²) >= 11 is 0. The first-order chi connectivity index (χ1) is 9.99. The lowest BCUT2D eigenvalue weighted by atomic mass is 10.3. The minimum Gasteiger partial charge on any atom is -0.385 e. The Kier molecular flexibility index (Phi) is 7.18. The molecule has 0 aliphatic heterocycles. The van der Waals surface area contributed by atoms with Gasteiger partial charge in [0.2, 0.25) is 15.9 Å². The van der Waals surface area contributed by atoms with E-state index in [2.05, 4.69) is 15.4 Å². The Morgan fingerprint density at radius 2 is 1.76 bits per heavy atom. The fraction of sp³-hybridized carbons (Fsp3) is 0.500. The van der Waals surface area contributed by atoms with E-state index in [-0.39, 0.29) is 10.8 Å². The largest absolute Gasteiger partial charge is 0.385 e. The van der Waals surface area contributed by atoms with Crippen molar-refractivity contribution in [1.82, 2.24) is 10.0 Å². The van der Waals surface area contributed by atoms with Gasteiger partial charge in [0.1, 0.15) is 0 Å². The molecule has 0 aliphatic carbocycles. The molecular weight excluding hydrogens is 290 g/mol. The molecule has 0 aromatic heterocycles. The molecule has 0 saturated carbocycles. The van der Waals surface area contributed by atoms with Gasteiger partial charge in [-0.2, -0.15) is 0 Å². The zero-order valence-electron chi connectivity index (χ0n) is 12.5. The van der Waals surface area contributed by atoms with Crippen LogP contribution < -0.4 is 15.4 Å². The van der Waals surface area contributed by atoms with Crippen molar-refractivity contribution in [3.8, 4) is 0 Å². The highest BCUT2D eigenvalue weighted by Crippen LogP contribution is 2.13. The smallest absolute Gasteiger partial charge is 0.240 e. The van der Waals surface area contributed by atoms with Crippen LogP contribution >= 0.6 is 0 Å². The van der Waals surface area contributed by atoms with E-state index in [1.54, 1.807) is 24.3 Å². The van der Waals surface area contributed by atoms with E-state index in [4.69, 9.17) is 0 Å². The molecule has 118 valence electrons. The second-order valence-electron chi connectivity index (χ2n) is 4.55. The molecular formula is C14H23N3O3S. The number of anilines is 1. The van der Waals surface area contributed by atoms with E-state index >= 15 is 0 Å². The first kappa shape index (κ1) is 17.5. The molecule has 0 saturated heterocycles. The maximum Gasteiger partial charge on any atom is 0.240 e. The summed E-state index contributed by atoms with van der Waals surface area (Å²) in [7, 11) is -3.42. The highest BCUT2D eigenvalue weighted by atomic mass is 32.2. The van der Waals surface area contributed by atoms with E-state index in [1.165, 1.54) is 0 Å². The molecule has 7 heteroatoms. The number of benzene rings is 1. The van der Waals surface area contributed by atoms with E-state index in [9.17, 15) is 13.2 Å². The first-order valence-corrected chi connectivity index (χ1v) is 8.58. The van der Waals surface area contributed by atoms with E-state index < -0.39 is 10.0 Å². The van der Waals surface area contributed by atoms with Gasteiger partial charge in [-0.05, 0) is 37.6 Å². The molecule has 1 amide bonds. The van der Waals surface area contributed by atoms with Crippen LogP contribution in [0.5, 0.6) is 0 Å². The van der Waals surface area contributed by atoms with Crippen LogP contribution in [0.4, 0.5) is 5.69 Å². The third kappa shape index (κ3) is 6.14. The molecule has 0 bridgehead atoms. The number of hydrogen-bond donors (Lipinski definition) is 3. The summed E-state index contributed by atoms with van der Waals surface area (Å²) in [6, 6.07) is 6.48. The Hall–Kier alpha value is -1.60. The van der Waals surface area contributed by atoms with E-state index in [1.807, 2.05) is 13.8 Å². The van der Waals surface area contributed by atoms with Crippen LogP contribution in [0.3, 0.4) is 0 Å². The summed E-state index contributed by atoms with van der Waals surface area (Å²) in [4.78, 5) is 11.5. The lowest BCUT2D eigenvalue weighted by molar-refractivity contribution is -0.120. The average Bonchev–Trinajstić information content (AvgIpc) is 2.46. The number of sulfonamides is 1. The maximum absolute atomic E-state index is 11.9. The van der Waals surface area contributed by atoms with Crippen molar-refractivity contribution in [2.75, 3.05) is 25.0 Å². The first-order valence-electron chi connectivity index (χ1n) is 7.10. The maximum atomic E-state index is 11.9. The second kappa shape index (κ2) is 8.63. The van der Waals surface area contributed by atoms with Crippen molar-refractivity contribution in [3.63, 3.8) is 0 Å². The molecule has 0 aliphatic rings. The van der Waals surface area contributed by atoms with Gasteiger partial charge in [0.05, 0.1) is 4.90 Å². The summed E-state index contributed by atoms with van der Waals surface area (Å²) in [5.74, 6) is -0.00652. The summed E-state index contributed by atoms with van der Waals surface area (Å²) in [6.07, 6.45) is 1.13. The summed E-state index contributed by atoms with van der Waals surface area (Å²) in [5.41, 5.74) is 0.786. The Morgan fingerprint density at radius 3 is 2.33 bits per heavy atom. The SMILES string of the molecule is CCCNS(=O)(=O)c1ccc(NCCC(=O)NCC)cc1. The van der Waals surface area contributed by atoms with Gasteiger partial charge >= 0.3 is 0 Å². The van der Waals surface area contributed by atoms with Crippen LogP contribution in [0.2, 0.25) is 0 Å². The number of rotatable bonds is 9. The fourth-order valence-electron chi connectivity index (χ4n) is 1.68. The van der Waals surface area contributed by atoms with Gasteiger partial charge in [-0.15, -0.1) is 0 Å². The number of carbonyl (C=O) groups is 1. The molecule has 21 heavy (non-hydrogen) atoms. The topological polar surface area (TPSA) is 87.3 Å². The predicted molar refractivity (Wildman–Crippen MR) is 83.7 cm³/mol. The van der Waals surface area contributed by atoms with Crippen LogP contribution in [-0.2, 0) is 14.8 Å². The van der Waals surface area contributed by atoms with Gasteiger partial charge in [0.25, 0.3) is 0 Å². The van der Waals surface area contributed by atoms with Gasteiger partial charge < -0.3 is 10.6 Å². The molecule has 0 spiro atoms. The average molecular weight is 313 g/mol. The predicted octanol–water partition coefficient (Wildman–Crippen LogP) is 1.31. The standard InChI is InChI=1S/C14H23N3O3S/c1-3-10-17-21(19,20)13-7-5-12(6-8-13)16-11-9-14(18)15-4-2/h5-8,16-17H,3-4,9-11H2,1-2H3,(H,15,18). The highest BCUT2D eigenvalue weighted by Gasteiger charge is 2.12. The zero-order chi connectivity index (χ0) is 15.7. The number of hydrogen-bond acceptors (Lipinski definition) is 4. The summed E-state index contributed by atoms with van der Waals surface area (Å²) in [6.45, 7) is 5.33. The zero-order valence-corrected chi connectivity index (χ0v) is 13.3. The summed E-state index contributed by atoms with van der Waals surface area (Å²) in [5, 5.41) is 5.79. The van der Waals surface area contributed by atoms with Crippen molar-refractivity contribution in [3.05, 3.63) is 24.3 Å². The molecule has 0 radical (unpaired) electrons. The van der Waals surface area contributed by atoms with Crippen LogP contribution in [0.15, 0.2) is 29.2 Å². The molecule has 0 heterocycles. The second-order valence-corrected chi connectivity index (χ2v) is 6.32. The minimum absolute atomic E-state index is 0.00652. The normalized spacial score (nSPS) is 11.1. The van der Waals surface area contributed by atoms with Crippen molar-refractivity contribution < 1.29 is 13.2 Å². The van der Waals surface area contributed by atoms with Crippen molar-refractivity contribution in [2.24, 2.45) is 0 Å². The molecule has 1 aromatic rings. The number of carbonyl (C=O) groups excluding carboxylic acids is 1. The molecule has 3 N–H and O–H groups in total. The molecule has 0 fully saturated rings. The van der Waals surface area contributed by atoms with Crippen LogP contribution in [-0.4, -0.2) is 34.0 Å². The molecule has 1 aromatic carbocycles. The Balaban J connectivity index is 2.52. The van der Waals surface area contributed by atoms with Gasteiger partial charge in [-0.25, -0.2) is 13.1 Å². The van der Waals surface area contributed by atoms with Crippen LogP contribution in [0, 0.1) is 0 Å². The fourth-order valence-corrected chi connectivity index (χ4v) is 2.81.